The summed E-state index contributed by atoms with van der Waals surface area (Å²) >= 11 is 0. The van der Waals surface area contributed by atoms with E-state index in [0.29, 0.717) is 0 Å². The van der Waals surface area contributed by atoms with Gasteiger partial charge in [0.25, 0.3) is 0 Å². The zero-order chi connectivity index (χ0) is 10.4. The van der Waals surface area contributed by atoms with Crippen LogP contribution in [-0.2, 0) is 78.3 Å². The molecule has 0 spiro atoms. The fourth-order valence-electron chi connectivity index (χ4n) is 3.63. The molecule has 0 aliphatic heterocycles. The van der Waals surface area contributed by atoms with E-state index in [2.05, 4.69) is 26.0 Å². The van der Waals surface area contributed by atoms with Crippen LogP contribution in [0.5, 0.6) is 0 Å². The summed E-state index contributed by atoms with van der Waals surface area (Å²) in [4.78, 5) is 0. The van der Waals surface area contributed by atoms with Crippen LogP contribution in [0.15, 0.2) is 12.1 Å². The normalized spacial score (nSPS) is 21.4. The maximum atomic E-state index is 4.06. The van der Waals surface area contributed by atoms with Gasteiger partial charge in [-0.1, -0.05) is 23.3 Å². The van der Waals surface area contributed by atoms with Gasteiger partial charge in [0.2, 0.25) is 0 Å². The minimum atomic E-state index is 0. The molecule has 2 bridgehead atoms. The van der Waals surface area contributed by atoms with Crippen molar-refractivity contribution in [3.05, 3.63) is 48.2 Å². The Morgan fingerprint density at radius 1 is 0.842 bits per heavy atom. The van der Waals surface area contributed by atoms with E-state index < -0.39 is 0 Å². The molecule has 1 saturated carbocycles. The monoisotopic (exact) mass is 828 g/mol. The maximum Gasteiger partial charge on any atom is 0 e. The average Bonchev–Trinajstić information content (AvgIpc) is 2.88. The van der Waals surface area contributed by atoms with Gasteiger partial charge in [0.15, 0.2) is 0 Å². The summed E-state index contributed by atoms with van der Waals surface area (Å²) in [6.45, 7) is 8.11. The number of hydrogen-bond acceptors (Lipinski definition) is 0. The van der Waals surface area contributed by atoms with E-state index in [9.17, 15) is 0 Å². The van der Waals surface area contributed by atoms with Crippen molar-refractivity contribution in [2.45, 2.75) is 43.9 Å². The van der Waals surface area contributed by atoms with Crippen molar-refractivity contribution in [2.75, 3.05) is 0 Å². The molecule has 2 aliphatic carbocycles. The summed E-state index contributed by atoms with van der Waals surface area (Å²) < 4.78 is 0. The first-order valence-corrected chi connectivity index (χ1v) is 6.08. The van der Waals surface area contributed by atoms with Crippen molar-refractivity contribution < 1.29 is 155 Å². The summed E-state index contributed by atoms with van der Waals surface area (Å²) in [5, 5.41) is 0. The van der Waals surface area contributed by atoms with E-state index in [1.807, 2.05) is 0 Å². The molecule has 4 heteroatoms. The molecule has 0 nitrogen and oxygen atoms in total. The van der Waals surface area contributed by atoms with Gasteiger partial charge in [0.1, 0.15) is 0 Å². The van der Waals surface area contributed by atoms with Crippen LogP contribution in [-0.4, -0.2) is 0 Å². The van der Waals surface area contributed by atoms with Crippen LogP contribution in [0.1, 0.15) is 53.4 Å². The predicted octanol–water partition coefficient (Wildman–Crippen LogP) is 3.80. The third kappa shape index (κ3) is 5.17. The fraction of sp³-hybridized carbons (Fsp3) is 0.467. The van der Waals surface area contributed by atoms with Crippen molar-refractivity contribution in [3.63, 3.8) is 0 Å². The molecule has 0 aromatic heterocycles. The third-order valence-electron chi connectivity index (χ3n) is 4.26. The Morgan fingerprint density at radius 2 is 1.21 bits per heavy atom. The summed E-state index contributed by atoms with van der Waals surface area (Å²) in [6.07, 6.45) is 6.11. The third-order valence-corrected chi connectivity index (χ3v) is 4.26. The molecule has 1 fully saturated rings. The van der Waals surface area contributed by atoms with Gasteiger partial charge in [-0.2, -0.15) is 12.8 Å². The molecule has 0 saturated heterocycles. The van der Waals surface area contributed by atoms with Crippen LogP contribution in [0.3, 0.4) is 0 Å². The Hall–Kier alpha value is 4.36. The first-order chi connectivity index (χ1) is 7.35. The van der Waals surface area contributed by atoms with E-state index in [1.165, 1.54) is 30.4 Å². The maximum absolute atomic E-state index is 4.06. The van der Waals surface area contributed by atoms with Gasteiger partial charge in [-0.05, 0) is 42.2 Å². The molecule has 0 heterocycles. The second-order valence-corrected chi connectivity index (χ2v) is 4.92. The van der Waals surface area contributed by atoms with Gasteiger partial charge >= 0.3 is 0 Å². The molecule has 6 radical (unpaired) electrons. The average molecular weight is 828 g/mol. The van der Waals surface area contributed by atoms with Gasteiger partial charge in [-0.25, -0.2) is 0 Å². The fourth-order valence-corrected chi connectivity index (χ4v) is 3.63. The molecule has 3 rings (SSSR count). The molecular formula is C15H18Ra2Y2-2. The van der Waals surface area contributed by atoms with E-state index in [4.69, 9.17) is 0 Å². The molecule has 0 N–H and O–H groups in total. The number of hydrogen-bond donors (Lipinski definition) is 0. The van der Waals surface area contributed by atoms with E-state index in [-0.39, 0.29) is 155 Å². The zero-order valence-corrected chi connectivity index (χ0v) is 29.1. The molecular weight excluding hydrogens is 810 g/mol. The Morgan fingerprint density at radius 3 is 1.53 bits per heavy atom. The second-order valence-electron chi connectivity index (χ2n) is 4.92. The molecule has 1 aromatic carbocycles. The van der Waals surface area contributed by atoms with Crippen molar-refractivity contribution in [2.24, 2.45) is 0 Å². The molecule has 2 aliphatic rings. The van der Waals surface area contributed by atoms with Gasteiger partial charge in [0.05, 0.1) is 0 Å². The van der Waals surface area contributed by atoms with Crippen molar-refractivity contribution in [3.8, 4) is 0 Å². The largest absolute Gasteiger partial charge is 0.339 e. The van der Waals surface area contributed by atoms with Crippen LogP contribution >= 0.6 is 0 Å². The topological polar surface area (TPSA) is 0 Å². The number of benzene rings is 1. The second kappa shape index (κ2) is 11.8. The predicted molar refractivity (Wildman–Crippen MR) is 63.9 cm³/mol. The van der Waals surface area contributed by atoms with Gasteiger partial charge in [0, 0.05) is 155 Å². The zero-order valence-electron chi connectivity index (χ0n) is 11.8. The molecule has 19 heavy (non-hydrogen) atoms. The molecule has 1 aromatic rings. The van der Waals surface area contributed by atoms with E-state index in [1.54, 1.807) is 11.1 Å². The van der Waals surface area contributed by atoms with Gasteiger partial charge in [-0.15, -0.1) is 0 Å². The van der Waals surface area contributed by atoms with Gasteiger partial charge in [-0.3, -0.25) is 0 Å². The summed E-state index contributed by atoms with van der Waals surface area (Å²) in [6, 6.07) is 4.57. The minimum Gasteiger partial charge on any atom is -0.339 e. The molecule has 0 amide bonds. The Kier molecular flexibility index (Phi) is 15.9. The Labute approximate surface area is 241 Å². The van der Waals surface area contributed by atoms with Crippen molar-refractivity contribution in [1.82, 2.24) is 0 Å². The molecule has 2 atom stereocenters. The van der Waals surface area contributed by atoms with Crippen molar-refractivity contribution in [1.29, 1.82) is 0 Å². The summed E-state index contributed by atoms with van der Waals surface area (Å²) in [5.41, 5.74) is 6.33. The quantitative estimate of drug-likeness (QED) is 0.399. The van der Waals surface area contributed by atoms with Crippen LogP contribution in [0, 0.1) is 104 Å². The van der Waals surface area contributed by atoms with Crippen LogP contribution < -0.4 is 0 Å². The van der Waals surface area contributed by atoms with Gasteiger partial charge < -0.3 is 13.8 Å². The minimum absolute atomic E-state index is 0. The standard InChI is InChI=1S/C15H18.2Ra.2Y/c1-3-10-5-6-11(4-2)15-13-8-7-12(9-13)14(10)15;;;;/h5-6,12-13H,1-4,7-9H2;;;;/q-2;;;;. The molecule has 90 valence electrons. The van der Waals surface area contributed by atoms with Crippen molar-refractivity contribution >= 4 is 0 Å². The SMILES string of the molecule is [CH2-]Cc1ccc(C[CH2-])c2c1C1CCC2C1.[Ra].[Ra].[Y].[Y]. The van der Waals surface area contributed by atoms with E-state index >= 15 is 0 Å². The Bertz CT molecular complexity index is 370. The van der Waals surface area contributed by atoms with Crippen LogP contribution in [0.2, 0.25) is 0 Å². The first kappa shape index (κ1) is 25.6. The number of fused-ring (bicyclic) bond motifs is 5. The smallest absolute Gasteiger partial charge is 0 e. The van der Waals surface area contributed by atoms with E-state index in [0.717, 1.165) is 24.7 Å². The first-order valence-electron chi connectivity index (χ1n) is 6.08. The van der Waals surface area contributed by atoms with Crippen LogP contribution in [0.25, 0.3) is 0 Å². The summed E-state index contributed by atoms with van der Waals surface area (Å²) in [7, 11) is 0. The molecule has 2 unspecified atom stereocenters. The van der Waals surface area contributed by atoms with Crippen LogP contribution in [0.4, 0.5) is 0 Å². The summed E-state index contributed by atoms with van der Waals surface area (Å²) in [5.74, 6) is 1.71. The number of rotatable bonds is 2. The Balaban J connectivity index is 0.